The summed E-state index contributed by atoms with van der Waals surface area (Å²) in [5.41, 5.74) is 3.46. The monoisotopic (exact) mass is 310 g/mol. The van der Waals surface area contributed by atoms with E-state index in [1.54, 1.807) is 11.3 Å². The topological polar surface area (TPSA) is 24.9 Å². The lowest BCUT2D eigenvalue weighted by atomic mass is 10.2. The molecule has 0 bridgehead atoms. The molecule has 0 aliphatic rings. The molecule has 1 atom stereocenters. The van der Waals surface area contributed by atoms with Crippen molar-refractivity contribution in [3.8, 4) is 0 Å². The maximum Gasteiger partial charge on any atom is 0.0898 e. The van der Waals surface area contributed by atoms with Crippen molar-refractivity contribution in [1.82, 2.24) is 4.98 Å². The van der Waals surface area contributed by atoms with Crippen molar-refractivity contribution >= 4 is 33.0 Å². The summed E-state index contributed by atoms with van der Waals surface area (Å²) in [5.74, 6) is 0. The van der Waals surface area contributed by atoms with Crippen molar-refractivity contribution in [1.29, 1.82) is 0 Å². The van der Waals surface area contributed by atoms with Gasteiger partial charge in [0.05, 0.1) is 16.7 Å². The smallest absolute Gasteiger partial charge is 0.0898 e. The first kappa shape index (κ1) is 12.6. The number of benzene rings is 1. The number of halogens is 1. The third-order valence-electron chi connectivity index (χ3n) is 2.57. The minimum absolute atomic E-state index is 0.220. The molecule has 0 aliphatic carbocycles. The molecule has 0 aliphatic heterocycles. The zero-order valence-corrected chi connectivity index (χ0v) is 12.5. The van der Waals surface area contributed by atoms with Crippen molar-refractivity contribution in [2.45, 2.75) is 26.8 Å². The molecule has 0 saturated heterocycles. The van der Waals surface area contributed by atoms with E-state index in [2.05, 4.69) is 63.7 Å². The number of thiazole rings is 1. The Labute approximate surface area is 114 Å². The van der Waals surface area contributed by atoms with Crippen LogP contribution in [0.15, 0.2) is 28.1 Å². The number of hydrogen-bond donors (Lipinski definition) is 1. The molecule has 0 spiro atoms. The first-order valence-electron chi connectivity index (χ1n) is 5.51. The summed E-state index contributed by atoms with van der Waals surface area (Å²) < 4.78 is 1.09. The van der Waals surface area contributed by atoms with Crippen LogP contribution in [0.2, 0.25) is 0 Å². The van der Waals surface area contributed by atoms with Crippen LogP contribution in [0.4, 0.5) is 5.69 Å². The number of rotatable bonds is 3. The van der Waals surface area contributed by atoms with Crippen molar-refractivity contribution in [2.24, 2.45) is 0 Å². The molecule has 4 heteroatoms. The average molecular weight is 311 g/mol. The largest absolute Gasteiger partial charge is 0.376 e. The van der Waals surface area contributed by atoms with E-state index in [9.17, 15) is 0 Å². The fourth-order valence-corrected chi connectivity index (χ4v) is 2.70. The van der Waals surface area contributed by atoms with E-state index in [0.717, 1.165) is 20.9 Å². The highest BCUT2D eigenvalue weighted by atomic mass is 79.9. The second-order valence-corrected chi connectivity index (χ2v) is 6.06. The van der Waals surface area contributed by atoms with E-state index in [1.165, 1.54) is 5.56 Å². The molecule has 1 aromatic carbocycles. The SMILES string of the molecule is Cc1ccc(Br)c(NC(C)c2csc(C)n2)c1. The first-order valence-corrected chi connectivity index (χ1v) is 7.18. The van der Waals surface area contributed by atoms with Crippen LogP contribution < -0.4 is 5.32 Å². The van der Waals surface area contributed by atoms with Gasteiger partial charge in [0.2, 0.25) is 0 Å². The molecule has 17 heavy (non-hydrogen) atoms. The second kappa shape index (κ2) is 5.19. The average Bonchev–Trinajstić information content (AvgIpc) is 2.70. The molecule has 2 aromatic rings. The van der Waals surface area contributed by atoms with Gasteiger partial charge in [0.15, 0.2) is 0 Å². The number of nitrogens with one attached hydrogen (secondary N) is 1. The normalized spacial score (nSPS) is 12.5. The Morgan fingerprint density at radius 1 is 1.35 bits per heavy atom. The first-order chi connectivity index (χ1) is 8.06. The standard InChI is InChI=1S/C13H15BrN2S/c1-8-4-5-11(14)12(6-8)15-9(2)13-7-17-10(3)16-13/h4-7,9,15H,1-3H3. The molecule has 2 rings (SSSR count). The zero-order valence-electron chi connectivity index (χ0n) is 10.1. The maximum atomic E-state index is 4.50. The van der Waals surface area contributed by atoms with Gasteiger partial charge in [-0.1, -0.05) is 6.07 Å². The van der Waals surface area contributed by atoms with Gasteiger partial charge in [0, 0.05) is 15.5 Å². The van der Waals surface area contributed by atoms with Gasteiger partial charge in [-0.25, -0.2) is 4.98 Å². The van der Waals surface area contributed by atoms with Crippen molar-refractivity contribution < 1.29 is 0 Å². The molecular weight excluding hydrogens is 296 g/mol. The third kappa shape index (κ3) is 3.07. The molecular formula is C13H15BrN2S. The molecule has 0 radical (unpaired) electrons. The zero-order chi connectivity index (χ0) is 12.4. The highest BCUT2D eigenvalue weighted by molar-refractivity contribution is 9.10. The molecule has 0 saturated carbocycles. The van der Waals surface area contributed by atoms with E-state index < -0.39 is 0 Å². The summed E-state index contributed by atoms with van der Waals surface area (Å²) in [6, 6.07) is 6.52. The predicted molar refractivity (Wildman–Crippen MR) is 77.8 cm³/mol. The van der Waals surface area contributed by atoms with Gasteiger partial charge in [0.25, 0.3) is 0 Å². The molecule has 90 valence electrons. The Morgan fingerprint density at radius 3 is 2.76 bits per heavy atom. The Balaban J connectivity index is 2.18. The minimum atomic E-state index is 0.220. The minimum Gasteiger partial charge on any atom is -0.376 e. The molecule has 1 aromatic heterocycles. The summed E-state index contributed by atoms with van der Waals surface area (Å²) in [5, 5.41) is 6.69. The van der Waals surface area contributed by atoms with E-state index in [4.69, 9.17) is 0 Å². The Morgan fingerprint density at radius 2 is 2.12 bits per heavy atom. The number of anilines is 1. The fourth-order valence-electron chi connectivity index (χ4n) is 1.64. The Hall–Kier alpha value is -0.870. The van der Waals surface area contributed by atoms with E-state index >= 15 is 0 Å². The van der Waals surface area contributed by atoms with Crippen molar-refractivity contribution in [3.63, 3.8) is 0 Å². The van der Waals surface area contributed by atoms with Crippen LogP contribution in [0.3, 0.4) is 0 Å². The highest BCUT2D eigenvalue weighted by Crippen LogP contribution is 2.27. The van der Waals surface area contributed by atoms with Crippen LogP contribution in [-0.2, 0) is 0 Å². The Bertz CT molecular complexity index is 522. The van der Waals surface area contributed by atoms with Crippen LogP contribution >= 0.6 is 27.3 Å². The number of nitrogens with zero attached hydrogens (tertiary/aromatic N) is 1. The van der Waals surface area contributed by atoms with Crippen molar-refractivity contribution in [3.05, 3.63) is 44.3 Å². The van der Waals surface area contributed by atoms with Gasteiger partial charge in [-0.05, 0) is 54.4 Å². The van der Waals surface area contributed by atoms with Crippen LogP contribution in [0.1, 0.15) is 29.2 Å². The Kier molecular flexibility index (Phi) is 3.84. The third-order valence-corrected chi connectivity index (χ3v) is 4.06. The van der Waals surface area contributed by atoms with Crippen LogP contribution in [-0.4, -0.2) is 4.98 Å². The lowest BCUT2D eigenvalue weighted by molar-refractivity contribution is 0.844. The lowest BCUT2D eigenvalue weighted by Crippen LogP contribution is -2.07. The molecule has 0 amide bonds. The van der Waals surface area contributed by atoms with Gasteiger partial charge in [-0.15, -0.1) is 11.3 Å². The van der Waals surface area contributed by atoms with Crippen LogP contribution in [0.5, 0.6) is 0 Å². The molecule has 2 nitrogen and oxygen atoms in total. The van der Waals surface area contributed by atoms with Crippen molar-refractivity contribution in [2.75, 3.05) is 5.32 Å². The molecule has 1 heterocycles. The van der Waals surface area contributed by atoms with Crippen LogP contribution in [0, 0.1) is 13.8 Å². The molecule has 1 N–H and O–H groups in total. The molecule has 1 unspecified atom stereocenters. The second-order valence-electron chi connectivity index (χ2n) is 4.14. The number of aromatic nitrogens is 1. The lowest BCUT2D eigenvalue weighted by Gasteiger charge is -2.15. The van der Waals surface area contributed by atoms with Gasteiger partial charge in [0.1, 0.15) is 0 Å². The van der Waals surface area contributed by atoms with Gasteiger partial charge in [-0.3, -0.25) is 0 Å². The van der Waals surface area contributed by atoms with E-state index in [0.29, 0.717) is 0 Å². The highest BCUT2D eigenvalue weighted by Gasteiger charge is 2.10. The van der Waals surface area contributed by atoms with Gasteiger partial charge < -0.3 is 5.32 Å². The molecule has 0 fully saturated rings. The summed E-state index contributed by atoms with van der Waals surface area (Å²) in [4.78, 5) is 4.50. The predicted octanol–water partition coefficient (Wildman–Crippen LogP) is 4.70. The fraction of sp³-hybridized carbons (Fsp3) is 0.308. The number of aryl methyl sites for hydroxylation is 2. The summed E-state index contributed by atoms with van der Waals surface area (Å²) in [6.45, 7) is 6.25. The van der Waals surface area contributed by atoms with Gasteiger partial charge >= 0.3 is 0 Å². The number of hydrogen-bond acceptors (Lipinski definition) is 3. The summed E-state index contributed by atoms with van der Waals surface area (Å²) in [7, 11) is 0. The van der Waals surface area contributed by atoms with E-state index in [1.807, 2.05) is 6.92 Å². The van der Waals surface area contributed by atoms with Crippen LogP contribution in [0.25, 0.3) is 0 Å². The maximum absolute atomic E-state index is 4.50. The van der Waals surface area contributed by atoms with E-state index in [-0.39, 0.29) is 6.04 Å². The summed E-state index contributed by atoms with van der Waals surface area (Å²) >= 11 is 5.24. The summed E-state index contributed by atoms with van der Waals surface area (Å²) in [6.07, 6.45) is 0. The van der Waals surface area contributed by atoms with Gasteiger partial charge in [-0.2, -0.15) is 0 Å². The quantitative estimate of drug-likeness (QED) is 0.889.